The smallest absolute Gasteiger partial charge is 0.0726 e. The fourth-order valence-electron chi connectivity index (χ4n) is 2.61. The number of nitrogens with zero attached hydrogens (tertiary/aromatic N) is 1. The van der Waals surface area contributed by atoms with Crippen molar-refractivity contribution >= 4 is 24.8 Å². The summed E-state index contributed by atoms with van der Waals surface area (Å²) in [5, 5.41) is 3.39. The average molecular weight is 257 g/mol. The molecule has 1 saturated carbocycles. The predicted molar refractivity (Wildman–Crippen MR) is 67.4 cm³/mol. The number of rotatable bonds is 2. The van der Waals surface area contributed by atoms with Crippen molar-refractivity contribution < 1.29 is 4.74 Å². The molecule has 0 bridgehead atoms. The van der Waals surface area contributed by atoms with Crippen LogP contribution in [0.2, 0.25) is 0 Å². The molecule has 0 aromatic rings. The van der Waals surface area contributed by atoms with Crippen molar-refractivity contribution in [3.05, 3.63) is 0 Å². The minimum atomic E-state index is 0. The van der Waals surface area contributed by atoms with Gasteiger partial charge in [-0.3, -0.25) is 4.90 Å². The molecular formula is C10H22Cl2N2O. The van der Waals surface area contributed by atoms with Gasteiger partial charge in [-0.2, -0.15) is 0 Å². The van der Waals surface area contributed by atoms with Crippen LogP contribution >= 0.6 is 24.8 Å². The number of nitrogens with one attached hydrogen (secondary N) is 1. The molecule has 0 unspecified atom stereocenters. The van der Waals surface area contributed by atoms with Crippen LogP contribution in [0.4, 0.5) is 0 Å². The Balaban J connectivity index is 0.000000980. The monoisotopic (exact) mass is 256 g/mol. The fourth-order valence-corrected chi connectivity index (χ4v) is 2.61. The predicted octanol–water partition coefficient (Wildman–Crippen LogP) is 1.30. The molecule has 0 amide bonds. The number of ether oxygens (including phenoxy) is 1. The molecule has 1 N–H and O–H groups in total. The van der Waals surface area contributed by atoms with E-state index in [1.807, 2.05) is 7.11 Å². The van der Waals surface area contributed by atoms with Gasteiger partial charge in [0.2, 0.25) is 0 Å². The first-order valence-corrected chi connectivity index (χ1v) is 5.39. The Kier molecular flexibility index (Phi) is 7.92. The van der Waals surface area contributed by atoms with Crippen molar-refractivity contribution in [2.75, 3.05) is 33.3 Å². The molecule has 0 radical (unpaired) electrons. The van der Waals surface area contributed by atoms with Crippen molar-refractivity contribution in [1.29, 1.82) is 0 Å². The maximum Gasteiger partial charge on any atom is 0.0726 e. The van der Waals surface area contributed by atoms with Gasteiger partial charge in [-0.1, -0.05) is 0 Å². The molecule has 0 aromatic carbocycles. The lowest BCUT2D eigenvalue weighted by Crippen LogP contribution is -2.51. The second kappa shape index (κ2) is 7.69. The molecule has 2 atom stereocenters. The molecule has 2 aliphatic rings. The number of hydrogen-bond donors (Lipinski definition) is 1. The first-order valence-electron chi connectivity index (χ1n) is 5.39. The Morgan fingerprint density at radius 3 is 2.40 bits per heavy atom. The summed E-state index contributed by atoms with van der Waals surface area (Å²) in [6.45, 7) is 4.69. The standard InChI is InChI=1S/C10H20N2O.2ClH/c1-13-10-4-2-3-9(10)12-7-5-11-6-8-12;;/h9-11H,2-8H2,1H3;2*1H/t9-,10-;;/m1../s1. The van der Waals surface area contributed by atoms with Crippen LogP contribution in [-0.2, 0) is 4.74 Å². The van der Waals surface area contributed by atoms with Gasteiger partial charge >= 0.3 is 0 Å². The van der Waals surface area contributed by atoms with Crippen LogP contribution in [0, 0.1) is 0 Å². The zero-order valence-electron chi connectivity index (χ0n) is 9.28. The van der Waals surface area contributed by atoms with Crippen molar-refractivity contribution in [1.82, 2.24) is 10.2 Å². The van der Waals surface area contributed by atoms with Gasteiger partial charge in [0, 0.05) is 39.3 Å². The largest absolute Gasteiger partial charge is 0.380 e. The Hall–Kier alpha value is 0.460. The van der Waals surface area contributed by atoms with E-state index in [1.54, 1.807) is 0 Å². The molecule has 2 fully saturated rings. The molecule has 0 spiro atoms. The maximum atomic E-state index is 5.51. The SMILES string of the molecule is CO[C@@H]1CCC[C@H]1N1CCNCC1.Cl.Cl. The Morgan fingerprint density at radius 2 is 1.80 bits per heavy atom. The third kappa shape index (κ3) is 3.75. The van der Waals surface area contributed by atoms with Crippen molar-refractivity contribution in [2.24, 2.45) is 0 Å². The van der Waals surface area contributed by atoms with Gasteiger partial charge in [-0.05, 0) is 19.3 Å². The number of halogens is 2. The van der Waals surface area contributed by atoms with Crippen LogP contribution in [-0.4, -0.2) is 50.3 Å². The van der Waals surface area contributed by atoms with Crippen molar-refractivity contribution in [2.45, 2.75) is 31.4 Å². The van der Waals surface area contributed by atoms with E-state index in [4.69, 9.17) is 4.74 Å². The molecule has 1 saturated heterocycles. The summed E-state index contributed by atoms with van der Waals surface area (Å²) in [6.07, 6.45) is 4.43. The first-order chi connectivity index (χ1) is 6.42. The molecule has 1 heterocycles. The highest BCUT2D eigenvalue weighted by molar-refractivity contribution is 5.85. The van der Waals surface area contributed by atoms with E-state index in [9.17, 15) is 0 Å². The van der Waals surface area contributed by atoms with Crippen molar-refractivity contribution in [3.63, 3.8) is 0 Å². The highest BCUT2D eigenvalue weighted by Gasteiger charge is 2.32. The lowest BCUT2D eigenvalue weighted by molar-refractivity contribution is 0.0281. The lowest BCUT2D eigenvalue weighted by Gasteiger charge is -2.35. The van der Waals surface area contributed by atoms with Crippen molar-refractivity contribution in [3.8, 4) is 0 Å². The van der Waals surface area contributed by atoms with E-state index in [1.165, 1.54) is 32.4 Å². The summed E-state index contributed by atoms with van der Waals surface area (Å²) in [6, 6.07) is 0.701. The summed E-state index contributed by atoms with van der Waals surface area (Å²) in [5.41, 5.74) is 0. The summed E-state index contributed by atoms with van der Waals surface area (Å²) in [5.74, 6) is 0. The third-order valence-corrected chi connectivity index (χ3v) is 3.34. The zero-order chi connectivity index (χ0) is 9.10. The Morgan fingerprint density at radius 1 is 1.13 bits per heavy atom. The minimum absolute atomic E-state index is 0. The highest BCUT2D eigenvalue weighted by atomic mass is 35.5. The molecule has 5 heteroatoms. The third-order valence-electron chi connectivity index (χ3n) is 3.34. The molecule has 2 rings (SSSR count). The first kappa shape index (κ1) is 15.5. The number of hydrogen-bond acceptors (Lipinski definition) is 3. The van der Waals surface area contributed by atoms with Gasteiger partial charge in [-0.15, -0.1) is 24.8 Å². The molecule has 92 valence electrons. The van der Waals surface area contributed by atoms with Gasteiger partial charge in [0.25, 0.3) is 0 Å². The average Bonchev–Trinajstić information content (AvgIpc) is 2.67. The quantitative estimate of drug-likeness (QED) is 0.807. The van der Waals surface area contributed by atoms with Gasteiger partial charge in [0.1, 0.15) is 0 Å². The van der Waals surface area contributed by atoms with E-state index >= 15 is 0 Å². The van der Waals surface area contributed by atoms with Crippen LogP contribution in [0.1, 0.15) is 19.3 Å². The summed E-state index contributed by atoms with van der Waals surface area (Å²) in [7, 11) is 1.85. The van der Waals surface area contributed by atoms with E-state index in [0.717, 1.165) is 13.1 Å². The second-order valence-corrected chi connectivity index (χ2v) is 4.06. The van der Waals surface area contributed by atoms with Gasteiger partial charge in [0.15, 0.2) is 0 Å². The number of methoxy groups -OCH3 is 1. The summed E-state index contributed by atoms with van der Waals surface area (Å²) < 4.78 is 5.51. The highest BCUT2D eigenvalue weighted by Crippen LogP contribution is 2.26. The van der Waals surface area contributed by atoms with Crippen LogP contribution < -0.4 is 5.32 Å². The van der Waals surface area contributed by atoms with Gasteiger partial charge < -0.3 is 10.1 Å². The molecule has 15 heavy (non-hydrogen) atoms. The molecule has 1 aliphatic carbocycles. The van der Waals surface area contributed by atoms with E-state index in [0.29, 0.717) is 12.1 Å². The Labute approximate surface area is 105 Å². The second-order valence-electron chi connectivity index (χ2n) is 4.06. The summed E-state index contributed by atoms with van der Waals surface area (Å²) in [4.78, 5) is 2.59. The van der Waals surface area contributed by atoms with Crippen LogP contribution in [0.25, 0.3) is 0 Å². The maximum absolute atomic E-state index is 5.51. The molecular weight excluding hydrogens is 235 g/mol. The van der Waals surface area contributed by atoms with E-state index in [2.05, 4.69) is 10.2 Å². The molecule has 1 aliphatic heterocycles. The van der Waals surface area contributed by atoms with Crippen LogP contribution in [0.3, 0.4) is 0 Å². The number of piperazine rings is 1. The Bertz CT molecular complexity index is 166. The molecule has 0 aromatic heterocycles. The lowest BCUT2D eigenvalue weighted by atomic mass is 10.1. The molecule has 3 nitrogen and oxygen atoms in total. The minimum Gasteiger partial charge on any atom is -0.380 e. The van der Waals surface area contributed by atoms with Crippen LogP contribution in [0.5, 0.6) is 0 Å². The van der Waals surface area contributed by atoms with E-state index in [-0.39, 0.29) is 24.8 Å². The fraction of sp³-hybridized carbons (Fsp3) is 1.00. The zero-order valence-corrected chi connectivity index (χ0v) is 10.9. The van der Waals surface area contributed by atoms with Crippen LogP contribution in [0.15, 0.2) is 0 Å². The topological polar surface area (TPSA) is 24.5 Å². The van der Waals surface area contributed by atoms with Gasteiger partial charge in [0.05, 0.1) is 6.10 Å². The normalized spacial score (nSPS) is 31.8. The van der Waals surface area contributed by atoms with Gasteiger partial charge in [-0.25, -0.2) is 0 Å². The van der Waals surface area contributed by atoms with E-state index < -0.39 is 0 Å². The summed E-state index contributed by atoms with van der Waals surface area (Å²) >= 11 is 0.